The van der Waals surface area contributed by atoms with E-state index in [0.717, 1.165) is 18.5 Å². The zero-order chi connectivity index (χ0) is 16.8. The van der Waals surface area contributed by atoms with Crippen LogP contribution in [-0.2, 0) is 19.4 Å². The van der Waals surface area contributed by atoms with Gasteiger partial charge in [-0.25, -0.2) is 0 Å². The second-order valence-electron chi connectivity index (χ2n) is 5.59. The average molecular weight is 339 g/mol. The monoisotopic (exact) mass is 339 g/mol. The number of hydrogen-bond donors (Lipinski definition) is 1. The van der Waals surface area contributed by atoms with Crippen LogP contribution in [0.1, 0.15) is 33.4 Å². The second kappa shape index (κ2) is 7.93. The van der Waals surface area contributed by atoms with Crippen LogP contribution in [-0.4, -0.2) is 22.2 Å². The summed E-state index contributed by atoms with van der Waals surface area (Å²) in [6, 6.07) is 14.3. The third kappa shape index (κ3) is 3.92. The third-order valence-corrected chi connectivity index (χ3v) is 4.88. The van der Waals surface area contributed by atoms with Gasteiger partial charge in [0.25, 0.3) is 5.91 Å². The highest BCUT2D eigenvalue weighted by Gasteiger charge is 2.16. The van der Waals surface area contributed by atoms with Gasteiger partial charge in [0.15, 0.2) is 0 Å². The molecule has 124 valence electrons. The summed E-state index contributed by atoms with van der Waals surface area (Å²) in [5.74, 6) is -0.0392. The Morgan fingerprint density at radius 1 is 1.21 bits per heavy atom. The normalized spacial score (nSPS) is 10.7. The van der Waals surface area contributed by atoms with Crippen LogP contribution in [0.4, 0.5) is 0 Å². The summed E-state index contributed by atoms with van der Waals surface area (Å²) in [6.45, 7) is 3.39. The van der Waals surface area contributed by atoms with Gasteiger partial charge < -0.3 is 5.32 Å². The van der Waals surface area contributed by atoms with E-state index in [0.29, 0.717) is 18.7 Å². The Morgan fingerprint density at radius 2 is 2.04 bits per heavy atom. The molecule has 0 bridgehead atoms. The molecule has 0 aliphatic carbocycles. The van der Waals surface area contributed by atoms with Crippen LogP contribution >= 0.6 is 11.3 Å². The summed E-state index contributed by atoms with van der Waals surface area (Å²) in [4.78, 5) is 13.7. The van der Waals surface area contributed by atoms with Crippen molar-refractivity contribution in [3.63, 3.8) is 0 Å². The number of aromatic nitrogens is 2. The molecule has 2 heterocycles. The lowest BCUT2D eigenvalue weighted by molar-refractivity contribution is 0.0953. The maximum Gasteiger partial charge on any atom is 0.254 e. The SMILES string of the molecule is CCc1c(C(=O)NCCc2cccs2)cnn1Cc1ccccc1. The molecule has 1 amide bonds. The minimum absolute atomic E-state index is 0.0392. The Balaban J connectivity index is 1.65. The number of nitrogens with one attached hydrogen (secondary N) is 1. The number of thiophene rings is 1. The molecule has 0 aliphatic rings. The highest BCUT2D eigenvalue weighted by Crippen LogP contribution is 2.13. The van der Waals surface area contributed by atoms with Crippen LogP contribution in [0.3, 0.4) is 0 Å². The molecule has 0 radical (unpaired) electrons. The van der Waals surface area contributed by atoms with Gasteiger partial charge in [0, 0.05) is 11.4 Å². The van der Waals surface area contributed by atoms with Gasteiger partial charge in [-0.15, -0.1) is 11.3 Å². The zero-order valence-corrected chi connectivity index (χ0v) is 14.6. The maximum absolute atomic E-state index is 12.5. The largest absolute Gasteiger partial charge is 0.352 e. The van der Waals surface area contributed by atoms with Crippen molar-refractivity contribution in [1.82, 2.24) is 15.1 Å². The topological polar surface area (TPSA) is 46.9 Å². The molecule has 0 spiro atoms. The van der Waals surface area contributed by atoms with E-state index < -0.39 is 0 Å². The Morgan fingerprint density at radius 3 is 2.75 bits per heavy atom. The molecule has 0 atom stereocenters. The van der Waals surface area contributed by atoms with Crippen molar-refractivity contribution in [3.05, 3.63) is 75.7 Å². The number of benzene rings is 1. The standard InChI is InChI=1S/C19H21N3OS/c1-2-18-17(19(23)20-11-10-16-9-6-12-24-16)13-21-22(18)14-15-7-4-3-5-8-15/h3-9,12-13H,2,10-11,14H2,1H3,(H,20,23). The quantitative estimate of drug-likeness (QED) is 0.716. The summed E-state index contributed by atoms with van der Waals surface area (Å²) in [5.41, 5.74) is 2.84. The van der Waals surface area contributed by atoms with Crippen molar-refractivity contribution in [1.29, 1.82) is 0 Å². The summed E-state index contributed by atoms with van der Waals surface area (Å²) in [5, 5.41) is 9.48. The molecule has 24 heavy (non-hydrogen) atoms. The van der Waals surface area contributed by atoms with Gasteiger partial charge in [-0.2, -0.15) is 5.10 Å². The van der Waals surface area contributed by atoms with E-state index in [4.69, 9.17) is 0 Å². The molecule has 1 N–H and O–H groups in total. The minimum atomic E-state index is -0.0392. The molecule has 0 saturated carbocycles. The van der Waals surface area contributed by atoms with E-state index in [1.807, 2.05) is 28.9 Å². The number of nitrogens with zero attached hydrogens (tertiary/aromatic N) is 2. The number of hydrogen-bond acceptors (Lipinski definition) is 3. The second-order valence-corrected chi connectivity index (χ2v) is 6.62. The Kier molecular flexibility index (Phi) is 5.43. The minimum Gasteiger partial charge on any atom is -0.352 e. The zero-order valence-electron chi connectivity index (χ0n) is 13.7. The fourth-order valence-corrected chi connectivity index (χ4v) is 3.42. The van der Waals surface area contributed by atoms with Crippen molar-refractivity contribution >= 4 is 17.2 Å². The van der Waals surface area contributed by atoms with Gasteiger partial charge in [0.05, 0.1) is 24.0 Å². The van der Waals surface area contributed by atoms with Gasteiger partial charge in [0.1, 0.15) is 0 Å². The number of carbonyl (C=O) groups excluding carboxylic acids is 1. The fraction of sp³-hybridized carbons (Fsp3) is 0.263. The van der Waals surface area contributed by atoms with E-state index >= 15 is 0 Å². The molecule has 0 unspecified atom stereocenters. The van der Waals surface area contributed by atoms with Crippen LogP contribution in [0, 0.1) is 0 Å². The van der Waals surface area contributed by atoms with E-state index in [9.17, 15) is 4.79 Å². The van der Waals surface area contributed by atoms with Crippen molar-refractivity contribution in [2.24, 2.45) is 0 Å². The Hall–Kier alpha value is -2.40. The first kappa shape index (κ1) is 16.5. The predicted molar refractivity (Wildman–Crippen MR) is 97.5 cm³/mol. The molecule has 2 aromatic heterocycles. The van der Waals surface area contributed by atoms with Crippen molar-refractivity contribution in [2.45, 2.75) is 26.3 Å². The lowest BCUT2D eigenvalue weighted by Gasteiger charge is -2.08. The molecule has 5 heteroatoms. The smallest absolute Gasteiger partial charge is 0.254 e. The highest BCUT2D eigenvalue weighted by atomic mass is 32.1. The summed E-state index contributed by atoms with van der Waals surface area (Å²) < 4.78 is 1.92. The summed E-state index contributed by atoms with van der Waals surface area (Å²) in [7, 11) is 0. The van der Waals surface area contributed by atoms with Crippen molar-refractivity contribution < 1.29 is 4.79 Å². The van der Waals surface area contributed by atoms with E-state index in [1.54, 1.807) is 17.5 Å². The van der Waals surface area contributed by atoms with Crippen molar-refractivity contribution in [3.8, 4) is 0 Å². The maximum atomic E-state index is 12.5. The number of carbonyl (C=O) groups is 1. The number of rotatable bonds is 7. The molecule has 4 nitrogen and oxygen atoms in total. The van der Waals surface area contributed by atoms with Crippen LogP contribution < -0.4 is 5.32 Å². The van der Waals surface area contributed by atoms with Gasteiger partial charge in [-0.1, -0.05) is 43.3 Å². The predicted octanol–water partition coefficient (Wildman–Crippen LogP) is 3.53. The molecule has 3 rings (SSSR count). The van der Waals surface area contributed by atoms with Crippen molar-refractivity contribution in [2.75, 3.05) is 6.54 Å². The lowest BCUT2D eigenvalue weighted by atomic mass is 10.1. The van der Waals surface area contributed by atoms with Crippen LogP contribution in [0.2, 0.25) is 0 Å². The van der Waals surface area contributed by atoms with E-state index in [-0.39, 0.29) is 5.91 Å². The molecule has 0 aliphatic heterocycles. The van der Waals surface area contributed by atoms with Crippen LogP contribution in [0.5, 0.6) is 0 Å². The van der Waals surface area contributed by atoms with E-state index in [2.05, 4.69) is 40.9 Å². The highest BCUT2D eigenvalue weighted by molar-refractivity contribution is 7.09. The first-order valence-electron chi connectivity index (χ1n) is 8.17. The molecule has 3 aromatic rings. The molecule has 1 aromatic carbocycles. The molecule has 0 saturated heterocycles. The first-order valence-corrected chi connectivity index (χ1v) is 9.05. The first-order chi connectivity index (χ1) is 11.8. The Bertz CT molecular complexity index is 778. The van der Waals surface area contributed by atoms with Crippen LogP contribution in [0.15, 0.2) is 54.0 Å². The summed E-state index contributed by atoms with van der Waals surface area (Å²) in [6.07, 6.45) is 3.33. The Labute approximate surface area is 146 Å². The summed E-state index contributed by atoms with van der Waals surface area (Å²) >= 11 is 1.72. The lowest BCUT2D eigenvalue weighted by Crippen LogP contribution is -2.26. The van der Waals surface area contributed by atoms with Gasteiger partial charge >= 0.3 is 0 Å². The average Bonchev–Trinajstić information content (AvgIpc) is 3.25. The molecule has 0 fully saturated rings. The third-order valence-electron chi connectivity index (χ3n) is 3.94. The van der Waals surface area contributed by atoms with Gasteiger partial charge in [-0.3, -0.25) is 9.48 Å². The molecular formula is C19H21N3OS. The van der Waals surface area contributed by atoms with E-state index in [1.165, 1.54) is 10.4 Å². The van der Waals surface area contributed by atoms with Gasteiger partial charge in [-0.05, 0) is 29.9 Å². The fourth-order valence-electron chi connectivity index (χ4n) is 2.72. The number of amides is 1. The van der Waals surface area contributed by atoms with Crippen LogP contribution in [0.25, 0.3) is 0 Å². The van der Waals surface area contributed by atoms with Gasteiger partial charge in [0.2, 0.25) is 0 Å². The molecular weight excluding hydrogens is 318 g/mol.